The molecule has 2 aliphatic rings. The van der Waals surface area contributed by atoms with Crippen LogP contribution in [0.5, 0.6) is 0 Å². The van der Waals surface area contributed by atoms with E-state index in [1.165, 1.54) is 44.1 Å². The Morgan fingerprint density at radius 1 is 0.629 bits per heavy atom. The summed E-state index contributed by atoms with van der Waals surface area (Å²) in [6.45, 7) is 3.36. The van der Waals surface area contributed by atoms with Gasteiger partial charge in [0, 0.05) is 42.8 Å². The quantitative estimate of drug-likeness (QED) is 0.268. The second-order valence-corrected chi connectivity index (χ2v) is 9.95. The van der Waals surface area contributed by atoms with Crippen molar-refractivity contribution in [3.05, 3.63) is 84.1 Å². The van der Waals surface area contributed by atoms with Crippen molar-refractivity contribution in [2.45, 2.75) is 37.5 Å². The largest absolute Gasteiger partial charge is 0.381 e. The summed E-state index contributed by atoms with van der Waals surface area (Å²) in [5, 5.41) is 3.73. The topological polar surface area (TPSA) is 35.8 Å². The summed E-state index contributed by atoms with van der Waals surface area (Å²) in [5.41, 5.74) is 7.76. The highest BCUT2D eigenvalue weighted by Crippen LogP contribution is 2.43. The molecule has 2 aliphatic heterocycles. The SMILES string of the molecule is c1cc(C2CCOCC2)c(-c2cnc3c4ccccc4c4ccccc4n23)c(C2CCOCC2)c1. The van der Waals surface area contributed by atoms with Crippen LogP contribution in [-0.2, 0) is 9.47 Å². The highest BCUT2D eigenvalue weighted by atomic mass is 16.5. The van der Waals surface area contributed by atoms with Crippen LogP contribution in [-0.4, -0.2) is 35.8 Å². The molecule has 3 aromatic carbocycles. The molecular formula is C31H30N2O2. The number of benzene rings is 3. The standard InChI is InChI=1S/C31H30N2O2/c1-2-8-27-25(6-1)26-7-3-4-11-28(26)33-29(20-32-31(27)33)30-23(21-12-16-34-17-13-21)9-5-10-24(30)22-14-18-35-19-15-22/h1-11,20-22H,12-19H2. The van der Waals surface area contributed by atoms with Gasteiger partial charge in [0.1, 0.15) is 5.65 Å². The zero-order chi connectivity index (χ0) is 23.2. The Morgan fingerprint density at radius 2 is 1.20 bits per heavy atom. The van der Waals surface area contributed by atoms with Crippen LogP contribution in [0.3, 0.4) is 0 Å². The first kappa shape index (κ1) is 21.1. The predicted molar refractivity (Wildman–Crippen MR) is 141 cm³/mol. The van der Waals surface area contributed by atoms with Crippen LogP contribution in [0, 0.1) is 0 Å². The lowest BCUT2D eigenvalue weighted by atomic mass is 9.80. The molecule has 2 fully saturated rings. The molecule has 2 saturated heterocycles. The summed E-state index contributed by atoms with van der Waals surface area (Å²) < 4.78 is 13.9. The van der Waals surface area contributed by atoms with Crippen LogP contribution in [0.15, 0.2) is 72.9 Å². The fourth-order valence-corrected chi connectivity index (χ4v) is 6.35. The van der Waals surface area contributed by atoms with Gasteiger partial charge in [-0.1, -0.05) is 60.7 Å². The average Bonchev–Trinajstić information content (AvgIpc) is 3.39. The normalized spacial score (nSPS) is 18.1. The first-order valence-electron chi connectivity index (χ1n) is 13.0. The molecule has 0 spiro atoms. The smallest absolute Gasteiger partial charge is 0.145 e. The van der Waals surface area contributed by atoms with Gasteiger partial charge in [-0.05, 0) is 60.1 Å². The van der Waals surface area contributed by atoms with Crippen molar-refractivity contribution in [3.8, 4) is 11.3 Å². The van der Waals surface area contributed by atoms with Crippen LogP contribution in [0.1, 0.15) is 48.6 Å². The van der Waals surface area contributed by atoms with Crippen LogP contribution >= 0.6 is 0 Å². The number of ether oxygens (including phenoxy) is 2. The molecule has 0 aliphatic carbocycles. The van der Waals surface area contributed by atoms with Gasteiger partial charge in [-0.15, -0.1) is 0 Å². The van der Waals surface area contributed by atoms with Crippen molar-refractivity contribution in [1.29, 1.82) is 0 Å². The van der Waals surface area contributed by atoms with Crippen LogP contribution in [0.25, 0.3) is 38.6 Å². The van der Waals surface area contributed by atoms with E-state index in [-0.39, 0.29) is 0 Å². The second-order valence-electron chi connectivity index (χ2n) is 9.95. The van der Waals surface area contributed by atoms with Crippen molar-refractivity contribution >= 4 is 27.3 Å². The molecule has 4 heterocycles. The summed E-state index contributed by atoms with van der Waals surface area (Å²) in [6, 6.07) is 24.4. The van der Waals surface area contributed by atoms with Crippen LogP contribution in [0.2, 0.25) is 0 Å². The molecule has 0 radical (unpaired) electrons. The lowest BCUT2D eigenvalue weighted by molar-refractivity contribution is 0.0843. The van der Waals surface area contributed by atoms with Gasteiger partial charge in [0.2, 0.25) is 0 Å². The van der Waals surface area contributed by atoms with E-state index < -0.39 is 0 Å². The Morgan fingerprint density at radius 3 is 1.86 bits per heavy atom. The van der Waals surface area contributed by atoms with E-state index in [1.54, 1.807) is 0 Å². The third-order valence-electron chi connectivity index (χ3n) is 8.07. The first-order valence-corrected chi connectivity index (χ1v) is 13.0. The van der Waals surface area contributed by atoms with Crippen molar-refractivity contribution < 1.29 is 9.47 Å². The minimum atomic E-state index is 0.510. The third-order valence-corrected chi connectivity index (χ3v) is 8.07. The molecule has 0 atom stereocenters. The fraction of sp³-hybridized carbons (Fsp3) is 0.323. The van der Waals surface area contributed by atoms with Crippen molar-refractivity contribution in [3.63, 3.8) is 0 Å². The zero-order valence-corrected chi connectivity index (χ0v) is 20.0. The van der Waals surface area contributed by atoms with E-state index in [4.69, 9.17) is 14.5 Å². The van der Waals surface area contributed by atoms with E-state index in [1.807, 2.05) is 0 Å². The highest BCUT2D eigenvalue weighted by Gasteiger charge is 2.27. The summed E-state index contributed by atoms with van der Waals surface area (Å²) >= 11 is 0. The average molecular weight is 463 g/mol. The van der Waals surface area contributed by atoms with Gasteiger partial charge in [-0.2, -0.15) is 0 Å². The maximum atomic E-state index is 5.74. The fourth-order valence-electron chi connectivity index (χ4n) is 6.35. The van der Waals surface area contributed by atoms with E-state index in [9.17, 15) is 0 Å². The number of para-hydroxylation sites is 1. The summed E-state index contributed by atoms with van der Waals surface area (Å²) in [6.07, 6.45) is 6.42. The first-order chi connectivity index (χ1) is 17.4. The minimum Gasteiger partial charge on any atom is -0.381 e. The molecule has 5 aromatic rings. The molecule has 4 heteroatoms. The Bertz CT molecular complexity index is 1490. The molecule has 0 unspecified atom stereocenters. The van der Waals surface area contributed by atoms with Gasteiger partial charge in [0.25, 0.3) is 0 Å². The number of imidazole rings is 1. The van der Waals surface area contributed by atoms with Crippen molar-refractivity contribution in [2.24, 2.45) is 0 Å². The Kier molecular flexibility index (Phi) is 5.29. The van der Waals surface area contributed by atoms with E-state index in [2.05, 4.69) is 77.3 Å². The lowest BCUT2D eigenvalue weighted by Crippen LogP contribution is -2.18. The van der Waals surface area contributed by atoms with Gasteiger partial charge in [-0.25, -0.2) is 4.98 Å². The maximum Gasteiger partial charge on any atom is 0.145 e. The van der Waals surface area contributed by atoms with Gasteiger partial charge >= 0.3 is 0 Å². The molecule has 0 N–H and O–H groups in total. The molecular weight excluding hydrogens is 432 g/mol. The van der Waals surface area contributed by atoms with E-state index in [0.717, 1.165) is 57.8 Å². The number of aromatic nitrogens is 2. The molecule has 2 aromatic heterocycles. The number of hydrogen-bond donors (Lipinski definition) is 0. The number of hydrogen-bond acceptors (Lipinski definition) is 3. The number of fused-ring (bicyclic) bond motifs is 6. The Labute approximate surface area is 205 Å². The van der Waals surface area contributed by atoms with Crippen LogP contribution in [0.4, 0.5) is 0 Å². The van der Waals surface area contributed by atoms with E-state index in [0.29, 0.717) is 11.8 Å². The summed E-state index contributed by atoms with van der Waals surface area (Å²) in [4.78, 5) is 5.06. The Balaban J connectivity index is 1.56. The monoisotopic (exact) mass is 462 g/mol. The van der Waals surface area contributed by atoms with Gasteiger partial charge < -0.3 is 9.47 Å². The summed E-state index contributed by atoms with van der Waals surface area (Å²) in [5.74, 6) is 1.02. The molecule has 176 valence electrons. The highest BCUT2D eigenvalue weighted by molar-refractivity contribution is 6.12. The zero-order valence-electron chi connectivity index (χ0n) is 20.0. The molecule has 0 amide bonds. The Hall–Kier alpha value is -3.21. The number of pyridine rings is 1. The number of nitrogens with zero attached hydrogens (tertiary/aromatic N) is 2. The third kappa shape index (κ3) is 3.47. The molecule has 4 nitrogen and oxygen atoms in total. The predicted octanol–water partition coefficient (Wildman–Crippen LogP) is 7.10. The molecule has 0 bridgehead atoms. The van der Waals surface area contributed by atoms with Crippen molar-refractivity contribution in [1.82, 2.24) is 9.38 Å². The van der Waals surface area contributed by atoms with Crippen molar-refractivity contribution in [2.75, 3.05) is 26.4 Å². The minimum absolute atomic E-state index is 0.510. The second kappa shape index (κ2) is 8.78. The van der Waals surface area contributed by atoms with Gasteiger partial charge in [0.05, 0.1) is 17.4 Å². The lowest BCUT2D eigenvalue weighted by Gasteiger charge is -2.29. The molecule has 0 saturated carbocycles. The molecule has 35 heavy (non-hydrogen) atoms. The molecule has 7 rings (SSSR count). The van der Waals surface area contributed by atoms with E-state index >= 15 is 0 Å². The summed E-state index contributed by atoms with van der Waals surface area (Å²) in [7, 11) is 0. The van der Waals surface area contributed by atoms with Gasteiger partial charge in [0.15, 0.2) is 0 Å². The maximum absolute atomic E-state index is 5.74. The number of rotatable bonds is 3. The van der Waals surface area contributed by atoms with Crippen LogP contribution < -0.4 is 0 Å². The van der Waals surface area contributed by atoms with Gasteiger partial charge in [-0.3, -0.25) is 4.40 Å².